The zero-order valence-electron chi connectivity index (χ0n) is 14.1. The summed E-state index contributed by atoms with van der Waals surface area (Å²) >= 11 is 0. The number of allylic oxidation sites excluding steroid dienone is 8. The van der Waals surface area contributed by atoms with E-state index in [1.165, 1.54) is 0 Å². The van der Waals surface area contributed by atoms with E-state index in [9.17, 15) is 9.90 Å². The predicted molar refractivity (Wildman–Crippen MR) is 97.3 cm³/mol. The molecule has 2 N–H and O–H groups in total. The zero-order valence-corrected chi connectivity index (χ0v) is 14.1. The predicted octanol–water partition coefficient (Wildman–Crippen LogP) is 4.96. The molecule has 0 spiro atoms. The molecule has 0 heterocycles. The molecular weight excluding hydrogens is 288 g/mol. The van der Waals surface area contributed by atoms with E-state index in [0.717, 1.165) is 25.7 Å². The lowest BCUT2D eigenvalue weighted by Crippen LogP contribution is -1.98. The van der Waals surface area contributed by atoms with E-state index < -0.39 is 12.1 Å². The topological polar surface area (TPSA) is 57.5 Å². The minimum Gasteiger partial charge on any atom is -0.481 e. The molecule has 0 aliphatic carbocycles. The standard InChI is InChI=1S/C20H30O3/c1-2-3-13-16-19(21)17-14-11-9-7-5-4-6-8-10-12-15-18-20(22)23/h3-5,8-11,13-14,17,19,21H,2,6-7,12,15-16,18H2,1H3,(H,22,23)/b5-4+,10-8+,11-9+,13-3+,17-14+/t19-/m0/s1. The number of aliphatic carboxylic acids is 1. The Hall–Kier alpha value is -1.87. The highest BCUT2D eigenvalue weighted by Gasteiger charge is 1.93. The van der Waals surface area contributed by atoms with Crippen LogP contribution in [0.25, 0.3) is 0 Å². The van der Waals surface area contributed by atoms with Crippen LogP contribution in [-0.2, 0) is 4.79 Å². The van der Waals surface area contributed by atoms with Gasteiger partial charge < -0.3 is 10.2 Å². The van der Waals surface area contributed by atoms with Crippen LogP contribution in [0, 0.1) is 0 Å². The van der Waals surface area contributed by atoms with Crippen LogP contribution >= 0.6 is 0 Å². The van der Waals surface area contributed by atoms with Gasteiger partial charge in [-0.15, -0.1) is 0 Å². The molecule has 3 heteroatoms. The van der Waals surface area contributed by atoms with Gasteiger partial charge in [0.2, 0.25) is 0 Å². The van der Waals surface area contributed by atoms with Crippen molar-refractivity contribution in [2.45, 2.75) is 58.0 Å². The fourth-order valence-electron chi connectivity index (χ4n) is 1.77. The first-order chi connectivity index (χ1) is 11.2. The molecule has 23 heavy (non-hydrogen) atoms. The Morgan fingerprint density at radius 1 is 0.957 bits per heavy atom. The molecule has 0 aliphatic rings. The quantitative estimate of drug-likeness (QED) is 0.286. The fourth-order valence-corrected chi connectivity index (χ4v) is 1.77. The maximum atomic E-state index is 10.3. The van der Waals surface area contributed by atoms with Gasteiger partial charge in [0, 0.05) is 6.42 Å². The van der Waals surface area contributed by atoms with Crippen molar-refractivity contribution in [1.29, 1.82) is 0 Å². The molecule has 0 radical (unpaired) electrons. The summed E-state index contributed by atoms with van der Waals surface area (Å²) in [6.07, 6.45) is 24.7. The molecule has 0 unspecified atom stereocenters. The number of aliphatic hydroxyl groups is 1. The minimum absolute atomic E-state index is 0.238. The van der Waals surface area contributed by atoms with Crippen LogP contribution in [0.15, 0.2) is 60.8 Å². The largest absolute Gasteiger partial charge is 0.481 e. The van der Waals surface area contributed by atoms with Crippen LogP contribution in [0.5, 0.6) is 0 Å². The van der Waals surface area contributed by atoms with Crippen molar-refractivity contribution >= 4 is 5.97 Å². The summed E-state index contributed by atoms with van der Waals surface area (Å²) in [5, 5.41) is 18.1. The van der Waals surface area contributed by atoms with E-state index in [-0.39, 0.29) is 6.42 Å². The second-order valence-electron chi connectivity index (χ2n) is 5.20. The highest BCUT2D eigenvalue weighted by molar-refractivity contribution is 5.66. The second-order valence-corrected chi connectivity index (χ2v) is 5.20. The molecule has 128 valence electrons. The number of carboxylic acid groups (broad SMARTS) is 1. The van der Waals surface area contributed by atoms with Gasteiger partial charge in [-0.05, 0) is 38.5 Å². The summed E-state index contributed by atoms with van der Waals surface area (Å²) in [5.74, 6) is -0.732. The van der Waals surface area contributed by atoms with Crippen LogP contribution in [0.4, 0.5) is 0 Å². The van der Waals surface area contributed by atoms with Gasteiger partial charge in [-0.2, -0.15) is 0 Å². The Labute approximate surface area is 140 Å². The molecule has 0 aromatic heterocycles. The van der Waals surface area contributed by atoms with Gasteiger partial charge in [-0.25, -0.2) is 0 Å². The van der Waals surface area contributed by atoms with E-state index in [4.69, 9.17) is 5.11 Å². The maximum Gasteiger partial charge on any atom is 0.303 e. The van der Waals surface area contributed by atoms with Crippen molar-refractivity contribution in [2.75, 3.05) is 0 Å². The first-order valence-electron chi connectivity index (χ1n) is 8.35. The summed E-state index contributed by atoms with van der Waals surface area (Å²) in [5.41, 5.74) is 0. The number of hydrogen-bond acceptors (Lipinski definition) is 2. The van der Waals surface area contributed by atoms with Crippen molar-refractivity contribution in [3.05, 3.63) is 60.8 Å². The molecule has 1 atom stereocenters. The molecule has 0 aromatic rings. The Bertz CT molecular complexity index is 428. The second kappa shape index (κ2) is 16.5. The highest BCUT2D eigenvalue weighted by atomic mass is 16.4. The van der Waals surface area contributed by atoms with Crippen molar-refractivity contribution in [3.63, 3.8) is 0 Å². The molecule has 0 saturated heterocycles. The third-order valence-corrected chi connectivity index (χ3v) is 3.00. The molecule has 0 fully saturated rings. The number of unbranched alkanes of at least 4 members (excludes halogenated alkanes) is 1. The molecule has 0 saturated carbocycles. The third-order valence-electron chi connectivity index (χ3n) is 3.00. The monoisotopic (exact) mass is 318 g/mol. The molecule has 0 aliphatic heterocycles. The summed E-state index contributed by atoms with van der Waals surface area (Å²) in [7, 11) is 0. The van der Waals surface area contributed by atoms with Crippen LogP contribution in [0.3, 0.4) is 0 Å². The van der Waals surface area contributed by atoms with Gasteiger partial charge in [-0.1, -0.05) is 67.7 Å². The van der Waals surface area contributed by atoms with Gasteiger partial charge in [-0.3, -0.25) is 4.79 Å². The van der Waals surface area contributed by atoms with Crippen LogP contribution in [0.1, 0.15) is 51.9 Å². The number of rotatable bonds is 13. The van der Waals surface area contributed by atoms with Crippen molar-refractivity contribution in [2.24, 2.45) is 0 Å². The lowest BCUT2D eigenvalue weighted by atomic mass is 10.2. The lowest BCUT2D eigenvalue weighted by Gasteiger charge is -1.98. The molecule has 0 aromatic carbocycles. The summed E-state index contributed by atoms with van der Waals surface area (Å²) in [4.78, 5) is 10.3. The fraction of sp³-hybridized carbons (Fsp3) is 0.450. The Morgan fingerprint density at radius 3 is 2.35 bits per heavy atom. The molecule has 0 amide bonds. The van der Waals surface area contributed by atoms with Gasteiger partial charge >= 0.3 is 5.97 Å². The smallest absolute Gasteiger partial charge is 0.303 e. The van der Waals surface area contributed by atoms with Gasteiger partial charge in [0.15, 0.2) is 0 Å². The van der Waals surface area contributed by atoms with Gasteiger partial charge in [0.1, 0.15) is 0 Å². The number of aliphatic hydroxyl groups excluding tert-OH is 1. The first-order valence-corrected chi connectivity index (χ1v) is 8.35. The number of carboxylic acids is 1. The average Bonchev–Trinajstić information content (AvgIpc) is 2.51. The maximum absolute atomic E-state index is 10.3. The first kappa shape index (κ1) is 21.1. The summed E-state index contributed by atoms with van der Waals surface area (Å²) in [6.45, 7) is 2.07. The SMILES string of the molecule is CC/C=C/C[C@H](O)/C=C/C=C/C/C=C/C/C=C/CCCC(=O)O. The van der Waals surface area contributed by atoms with Crippen LogP contribution in [0.2, 0.25) is 0 Å². The number of hydrogen-bond donors (Lipinski definition) is 2. The van der Waals surface area contributed by atoms with Crippen LogP contribution in [-0.4, -0.2) is 22.3 Å². The van der Waals surface area contributed by atoms with E-state index in [1.54, 1.807) is 6.08 Å². The van der Waals surface area contributed by atoms with E-state index in [0.29, 0.717) is 12.8 Å². The molecule has 0 rings (SSSR count). The van der Waals surface area contributed by atoms with Gasteiger partial charge in [0.05, 0.1) is 6.10 Å². The van der Waals surface area contributed by atoms with Crippen molar-refractivity contribution in [3.8, 4) is 0 Å². The summed E-state index contributed by atoms with van der Waals surface area (Å²) in [6, 6.07) is 0. The van der Waals surface area contributed by atoms with Crippen molar-refractivity contribution in [1.82, 2.24) is 0 Å². The number of carbonyl (C=O) groups is 1. The van der Waals surface area contributed by atoms with E-state index >= 15 is 0 Å². The van der Waals surface area contributed by atoms with Gasteiger partial charge in [0.25, 0.3) is 0 Å². The normalized spacial score (nSPS) is 14.2. The Kier molecular flexibility index (Phi) is 15.2. The lowest BCUT2D eigenvalue weighted by molar-refractivity contribution is -0.137. The minimum atomic E-state index is -0.732. The molecule has 3 nitrogen and oxygen atoms in total. The average molecular weight is 318 g/mol. The Balaban J connectivity index is 3.63. The highest BCUT2D eigenvalue weighted by Crippen LogP contribution is 1.99. The summed E-state index contributed by atoms with van der Waals surface area (Å²) < 4.78 is 0. The van der Waals surface area contributed by atoms with Crippen molar-refractivity contribution < 1.29 is 15.0 Å². The molecule has 0 bridgehead atoms. The third kappa shape index (κ3) is 18.1. The van der Waals surface area contributed by atoms with E-state index in [2.05, 4.69) is 31.2 Å². The Morgan fingerprint density at radius 2 is 1.65 bits per heavy atom. The molecular formula is C20H30O3. The van der Waals surface area contributed by atoms with Crippen LogP contribution < -0.4 is 0 Å². The zero-order chi connectivity index (χ0) is 17.2. The van der Waals surface area contributed by atoms with E-state index in [1.807, 2.05) is 30.4 Å².